The van der Waals surface area contributed by atoms with Crippen LogP contribution in [-0.4, -0.2) is 39.8 Å². The lowest BCUT2D eigenvalue weighted by Gasteiger charge is -2.20. The summed E-state index contributed by atoms with van der Waals surface area (Å²) in [6.07, 6.45) is 0. The number of benzene rings is 2. The minimum Gasteiger partial charge on any atom is -0.338 e. The van der Waals surface area contributed by atoms with E-state index in [1.165, 1.54) is 11.8 Å². The number of likely N-dealkylation sites (N-methyl/N-ethyl adjacent to an activating group) is 1. The van der Waals surface area contributed by atoms with Crippen molar-refractivity contribution >= 4 is 28.4 Å². The van der Waals surface area contributed by atoms with Gasteiger partial charge < -0.3 is 4.90 Å². The Morgan fingerprint density at radius 3 is 2.37 bits per heavy atom. The van der Waals surface area contributed by atoms with Gasteiger partial charge >= 0.3 is 0 Å². The number of carbonyl (C=O) groups is 1. The summed E-state index contributed by atoms with van der Waals surface area (Å²) in [4.78, 5) is 14.3. The fourth-order valence-electron chi connectivity index (χ4n) is 2.92. The van der Waals surface area contributed by atoms with Gasteiger partial charge in [-0.05, 0) is 13.8 Å². The number of nitrogens with zero attached hydrogens (tertiary/aromatic N) is 3. The highest BCUT2D eigenvalue weighted by Crippen LogP contribution is 2.31. The average molecular weight is 378 g/mol. The summed E-state index contributed by atoms with van der Waals surface area (Å²) in [6, 6.07) is 18.1. The molecule has 0 fully saturated rings. The second kappa shape index (κ2) is 8.82. The third-order valence-corrected chi connectivity index (χ3v) is 5.19. The first-order chi connectivity index (χ1) is 13.1. The van der Waals surface area contributed by atoms with Crippen molar-refractivity contribution in [3.63, 3.8) is 0 Å². The molecule has 0 atom stereocenters. The van der Waals surface area contributed by atoms with Crippen LogP contribution in [0.4, 0.5) is 0 Å². The first-order valence-electron chi connectivity index (χ1n) is 8.96. The number of carbonyl (C=O) groups excluding carboxylic acids is 1. The number of amides is 1. The van der Waals surface area contributed by atoms with Crippen LogP contribution < -0.4 is 0 Å². The van der Waals surface area contributed by atoms with Crippen LogP contribution in [-0.2, 0) is 4.79 Å². The molecule has 3 rings (SSSR count). The van der Waals surface area contributed by atoms with Crippen molar-refractivity contribution in [2.75, 3.05) is 18.8 Å². The molecule has 5 heteroatoms. The van der Waals surface area contributed by atoms with Crippen molar-refractivity contribution in [3.05, 3.63) is 66.7 Å². The van der Waals surface area contributed by atoms with Crippen molar-refractivity contribution in [3.8, 4) is 11.3 Å². The minimum atomic E-state index is 0.0866. The van der Waals surface area contributed by atoms with Gasteiger partial charge in [0.05, 0.1) is 5.75 Å². The second-order valence-corrected chi connectivity index (χ2v) is 7.38. The molecule has 1 aromatic heterocycles. The quantitative estimate of drug-likeness (QED) is 0.438. The number of hydrogen-bond acceptors (Lipinski definition) is 4. The lowest BCUT2D eigenvalue weighted by atomic mass is 10.1. The Morgan fingerprint density at radius 1 is 1.04 bits per heavy atom. The molecule has 0 aliphatic rings. The molecule has 0 bridgehead atoms. The Bertz CT molecular complexity index is 956. The Labute approximate surface area is 164 Å². The summed E-state index contributed by atoms with van der Waals surface area (Å²) >= 11 is 1.44. The van der Waals surface area contributed by atoms with Gasteiger partial charge in [0.1, 0.15) is 10.7 Å². The van der Waals surface area contributed by atoms with Crippen molar-refractivity contribution in [2.24, 2.45) is 0 Å². The molecule has 0 aliphatic heterocycles. The topological polar surface area (TPSA) is 46.1 Å². The molecule has 4 nitrogen and oxygen atoms in total. The summed E-state index contributed by atoms with van der Waals surface area (Å²) in [5.74, 6) is 0.424. The Hall–Kier alpha value is -2.66. The molecule has 1 amide bonds. The van der Waals surface area contributed by atoms with Crippen molar-refractivity contribution in [1.29, 1.82) is 0 Å². The van der Waals surface area contributed by atoms with E-state index in [1.54, 1.807) is 0 Å². The van der Waals surface area contributed by atoms with E-state index in [2.05, 4.69) is 22.8 Å². The van der Waals surface area contributed by atoms with Gasteiger partial charge in [-0.25, -0.2) is 0 Å². The molecule has 3 aromatic rings. The molecule has 0 spiro atoms. The van der Waals surface area contributed by atoms with E-state index >= 15 is 0 Å². The van der Waals surface area contributed by atoms with Crippen LogP contribution >= 0.6 is 11.8 Å². The molecule has 0 aliphatic carbocycles. The standard InChI is InChI=1S/C22H23N3OS/c1-4-25(14-16(2)3)20(26)15-27-22-19-13-9-8-12-18(19)21(23-24-22)17-10-6-5-7-11-17/h5-13H,2,4,14-15H2,1,3H3. The SMILES string of the molecule is C=C(C)CN(CC)C(=O)CSc1nnc(-c2ccccc2)c2ccccc12. The van der Waals surface area contributed by atoms with Gasteiger partial charge in [-0.1, -0.05) is 78.5 Å². The minimum absolute atomic E-state index is 0.0866. The van der Waals surface area contributed by atoms with Gasteiger partial charge in [0, 0.05) is 29.4 Å². The molecule has 1 heterocycles. The fourth-order valence-corrected chi connectivity index (χ4v) is 3.79. The first-order valence-corrected chi connectivity index (χ1v) is 9.94. The van der Waals surface area contributed by atoms with Gasteiger partial charge in [-0.3, -0.25) is 4.79 Å². The molecule has 27 heavy (non-hydrogen) atoms. The van der Waals surface area contributed by atoms with Crippen LogP contribution in [0.1, 0.15) is 13.8 Å². The van der Waals surface area contributed by atoms with Crippen LogP contribution in [0.25, 0.3) is 22.0 Å². The van der Waals surface area contributed by atoms with E-state index in [9.17, 15) is 4.79 Å². The van der Waals surface area contributed by atoms with Gasteiger partial charge in [0.25, 0.3) is 0 Å². The normalized spacial score (nSPS) is 10.7. The van der Waals surface area contributed by atoms with Crippen molar-refractivity contribution < 1.29 is 4.79 Å². The zero-order valence-corrected chi connectivity index (χ0v) is 16.5. The van der Waals surface area contributed by atoms with Crippen LogP contribution in [0.2, 0.25) is 0 Å². The highest BCUT2D eigenvalue weighted by Gasteiger charge is 2.15. The maximum atomic E-state index is 12.5. The molecule has 0 radical (unpaired) electrons. The van der Waals surface area contributed by atoms with Crippen molar-refractivity contribution in [2.45, 2.75) is 18.9 Å². The van der Waals surface area contributed by atoms with E-state index in [4.69, 9.17) is 0 Å². The predicted octanol–water partition coefficient (Wildman–Crippen LogP) is 4.81. The van der Waals surface area contributed by atoms with E-state index < -0.39 is 0 Å². The molecule has 138 valence electrons. The third kappa shape index (κ3) is 4.55. The van der Waals surface area contributed by atoms with Crippen LogP contribution in [0.15, 0.2) is 71.8 Å². The number of fused-ring (bicyclic) bond motifs is 1. The maximum Gasteiger partial charge on any atom is 0.233 e. The summed E-state index contributed by atoms with van der Waals surface area (Å²) in [7, 11) is 0. The monoisotopic (exact) mass is 377 g/mol. The first kappa shape index (κ1) is 19.1. The summed E-state index contributed by atoms with van der Waals surface area (Å²) < 4.78 is 0. The van der Waals surface area contributed by atoms with E-state index in [-0.39, 0.29) is 5.91 Å². The summed E-state index contributed by atoms with van der Waals surface area (Å²) in [6.45, 7) is 9.08. The van der Waals surface area contributed by atoms with Crippen LogP contribution in [0.3, 0.4) is 0 Å². The highest BCUT2D eigenvalue weighted by molar-refractivity contribution is 8.00. The maximum absolute atomic E-state index is 12.5. The second-order valence-electron chi connectivity index (χ2n) is 6.42. The average Bonchev–Trinajstić information content (AvgIpc) is 2.70. The van der Waals surface area contributed by atoms with E-state index in [0.717, 1.165) is 32.6 Å². The van der Waals surface area contributed by atoms with Gasteiger partial charge in [-0.15, -0.1) is 10.2 Å². The number of rotatable bonds is 7. The Kier molecular flexibility index (Phi) is 6.24. The zero-order chi connectivity index (χ0) is 19.2. The zero-order valence-electron chi connectivity index (χ0n) is 15.7. The summed E-state index contributed by atoms with van der Waals surface area (Å²) in [5.41, 5.74) is 2.87. The van der Waals surface area contributed by atoms with Gasteiger partial charge in [0.2, 0.25) is 5.91 Å². The van der Waals surface area contributed by atoms with E-state index in [1.807, 2.05) is 67.3 Å². The molecule has 0 saturated carbocycles. The van der Waals surface area contributed by atoms with Gasteiger partial charge in [-0.2, -0.15) is 0 Å². The molecular formula is C22H23N3OS. The van der Waals surface area contributed by atoms with E-state index in [0.29, 0.717) is 18.8 Å². The third-order valence-electron chi connectivity index (χ3n) is 4.23. The number of thioether (sulfide) groups is 1. The number of aromatic nitrogens is 2. The molecule has 2 aromatic carbocycles. The van der Waals surface area contributed by atoms with Crippen molar-refractivity contribution in [1.82, 2.24) is 15.1 Å². The largest absolute Gasteiger partial charge is 0.338 e. The Morgan fingerprint density at radius 2 is 1.70 bits per heavy atom. The molecule has 0 unspecified atom stereocenters. The highest BCUT2D eigenvalue weighted by atomic mass is 32.2. The molecule has 0 N–H and O–H groups in total. The van der Waals surface area contributed by atoms with Crippen LogP contribution in [0, 0.1) is 0 Å². The lowest BCUT2D eigenvalue weighted by molar-refractivity contribution is -0.127. The van der Waals surface area contributed by atoms with Gasteiger partial charge in [0.15, 0.2) is 0 Å². The van der Waals surface area contributed by atoms with Crippen LogP contribution in [0.5, 0.6) is 0 Å². The molecule has 0 saturated heterocycles. The molecular weight excluding hydrogens is 354 g/mol. The lowest BCUT2D eigenvalue weighted by Crippen LogP contribution is -2.33. The predicted molar refractivity (Wildman–Crippen MR) is 113 cm³/mol. The smallest absolute Gasteiger partial charge is 0.233 e. The number of hydrogen-bond donors (Lipinski definition) is 0. The summed E-state index contributed by atoms with van der Waals surface area (Å²) in [5, 5.41) is 11.7. The Balaban J connectivity index is 1.86. The fraction of sp³-hybridized carbons (Fsp3) is 0.227.